The molecule has 2 unspecified atom stereocenters. The van der Waals surface area contributed by atoms with Crippen molar-refractivity contribution in [2.45, 2.75) is 65.0 Å². The number of thiocarbonyl (C=S) groups is 1. The van der Waals surface area contributed by atoms with Gasteiger partial charge in [0.1, 0.15) is 6.04 Å². The Hall–Kier alpha value is -0.480. The Bertz CT molecular complexity index is 369. The fourth-order valence-corrected chi connectivity index (χ4v) is 3.58. The van der Waals surface area contributed by atoms with Crippen LogP contribution in [0.1, 0.15) is 52.9 Å². The number of amides is 1. The Balaban J connectivity index is 1.92. The predicted octanol–water partition coefficient (Wildman–Crippen LogP) is 2.44. The lowest BCUT2D eigenvalue weighted by Crippen LogP contribution is -2.50. The normalized spacial score (nSPS) is 35.7. The molecule has 0 bridgehead atoms. The molecule has 0 spiro atoms. The van der Waals surface area contributed by atoms with Crippen LogP contribution in [0.4, 0.5) is 0 Å². The average Bonchev–Trinajstić information content (AvgIpc) is 2.75. The van der Waals surface area contributed by atoms with Gasteiger partial charge in [0.2, 0.25) is 5.91 Å². The largest absolute Gasteiger partial charge is 0.352 e. The molecule has 1 heterocycles. The van der Waals surface area contributed by atoms with Crippen LogP contribution in [0.3, 0.4) is 0 Å². The number of hydrogen-bond donors (Lipinski definition) is 2. The van der Waals surface area contributed by atoms with Crippen molar-refractivity contribution >= 4 is 23.0 Å². The minimum atomic E-state index is -0.234. The molecule has 2 rings (SSSR count). The molecule has 108 valence electrons. The summed E-state index contributed by atoms with van der Waals surface area (Å²) in [5.74, 6) is 0.749. The summed E-state index contributed by atoms with van der Waals surface area (Å²) in [6.07, 6.45) is 5.53. The number of carbonyl (C=O) groups is 1. The first-order valence-corrected chi connectivity index (χ1v) is 7.90. The van der Waals surface area contributed by atoms with Crippen molar-refractivity contribution in [1.82, 2.24) is 10.6 Å². The highest BCUT2D eigenvalue weighted by Crippen LogP contribution is 2.41. The lowest BCUT2D eigenvalue weighted by Gasteiger charge is -2.41. The molecule has 0 aromatic rings. The summed E-state index contributed by atoms with van der Waals surface area (Å²) in [6, 6.07) is 0.0843. The van der Waals surface area contributed by atoms with E-state index in [0.717, 1.165) is 30.7 Å². The van der Waals surface area contributed by atoms with Crippen LogP contribution < -0.4 is 10.6 Å². The molecule has 2 aliphatic rings. The average molecular weight is 282 g/mol. The Kier molecular flexibility index (Phi) is 4.62. The minimum Gasteiger partial charge on any atom is -0.352 e. The van der Waals surface area contributed by atoms with Gasteiger partial charge in [0.05, 0.1) is 0 Å². The maximum atomic E-state index is 12.2. The van der Waals surface area contributed by atoms with Gasteiger partial charge in [-0.2, -0.15) is 0 Å². The number of nitrogens with one attached hydrogen (secondary N) is 2. The summed E-state index contributed by atoms with van der Waals surface area (Å²) in [7, 11) is 0. The zero-order valence-electron chi connectivity index (χ0n) is 12.3. The second-order valence-electron chi connectivity index (χ2n) is 6.71. The summed E-state index contributed by atoms with van der Waals surface area (Å²) in [5.41, 5.74) is 0.361. The van der Waals surface area contributed by atoms with Crippen molar-refractivity contribution in [3.8, 4) is 0 Å². The third-order valence-electron chi connectivity index (χ3n) is 5.06. The molecular formula is C15H26N2OS. The van der Waals surface area contributed by atoms with Crippen molar-refractivity contribution in [2.75, 3.05) is 6.54 Å². The number of rotatable bonds is 3. The summed E-state index contributed by atoms with van der Waals surface area (Å²) in [6.45, 7) is 7.77. The molecule has 0 radical (unpaired) electrons. The Morgan fingerprint density at radius 2 is 2.26 bits per heavy atom. The smallest absolute Gasteiger partial charge is 0.242 e. The van der Waals surface area contributed by atoms with Gasteiger partial charge in [0.15, 0.2) is 0 Å². The fourth-order valence-electron chi connectivity index (χ4n) is 3.29. The Morgan fingerprint density at radius 3 is 2.84 bits per heavy atom. The zero-order chi connectivity index (χ0) is 14.0. The van der Waals surface area contributed by atoms with Crippen LogP contribution >= 0.6 is 12.2 Å². The molecular weight excluding hydrogens is 256 g/mol. The molecule has 2 N–H and O–H groups in total. The van der Waals surface area contributed by atoms with Gasteiger partial charge < -0.3 is 10.6 Å². The van der Waals surface area contributed by atoms with Gasteiger partial charge in [0.25, 0.3) is 0 Å². The molecule has 1 amide bonds. The third-order valence-corrected chi connectivity index (χ3v) is 5.50. The molecule has 4 heteroatoms. The quantitative estimate of drug-likeness (QED) is 0.781. The highest BCUT2D eigenvalue weighted by molar-refractivity contribution is 7.80. The highest BCUT2D eigenvalue weighted by atomic mass is 32.1. The van der Waals surface area contributed by atoms with E-state index in [0.29, 0.717) is 17.4 Å². The SMILES string of the molecule is CC(C)C1(C)CCCC(NC(=O)[C@H]2NCCC2=S)C1. The topological polar surface area (TPSA) is 41.1 Å². The van der Waals surface area contributed by atoms with Gasteiger partial charge in [-0.1, -0.05) is 39.4 Å². The first-order valence-electron chi connectivity index (χ1n) is 7.49. The Labute approximate surface area is 121 Å². The van der Waals surface area contributed by atoms with Crippen molar-refractivity contribution in [2.24, 2.45) is 11.3 Å². The molecule has 19 heavy (non-hydrogen) atoms. The molecule has 2 fully saturated rings. The van der Waals surface area contributed by atoms with Gasteiger partial charge in [-0.3, -0.25) is 4.79 Å². The molecule has 3 atom stereocenters. The van der Waals surface area contributed by atoms with E-state index in [4.69, 9.17) is 12.2 Å². The summed E-state index contributed by atoms with van der Waals surface area (Å²) in [4.78, 5) is 13.1. The fraction of sp³-hybridized carbons (Fsp3) is 0.867. The predicted molar refractivity (Wildman–Crippen MR) is 82.3 cm³/mol. The number of hydrogen-bond acceptors (Lipinski definition) is 3. The second-order valence-corrected chi connectivity index (χ2v) is 7.24. The van der Waals surface area contributed by atoms with E-state index < -0.39 is 0 Å². The molecule has 1 saturated heterocycles. The second kappa shape index (κ2) is 5.88. The van der Waals surface area contributed by atoms with E-state index in [-0.39, 0.29) is 11.9 Å². The van der Waals surface area contributed by atoms with Crippen LogP contribution in [0, 0.1) is 11.3 Å². The van der Waals surface area contributed by atoms with E-state index in [9.17, 15) is 4.79 Å². The molecule has 1 aliphatic carbocycles. The maximum absolute atomic E-state index is 12.2. The first-order chi connectivity index (χ1) is 8.92. The van der Waals surface area contributed by atoms with Gasteiger partial charge in [-0.05, 0) is 37.0 Å². The van der Waals surface area contributed by atoms with Crippen LogP contribution in [0.25, 0.3) is 0 Å². The van der Waals surface area contributed by atoms with Crippen molar-refractivity contribution in [3.05, 3.63) is 0 Å². The van der Waals surface area contributed by atoms with Crippen LogP contribution in [0.15, 0.2) is 0 Å². The van der Waals surface area contributed by atoms with E-state index >= 15 is 0 Å². The Morgan fingerprint density at radius 1 is 1.53 bits per heavy atom. The number of carbonyl (C=O) groups excluding carboxylic acids is 1. The minimum absolute atomic E-state index is 0.0838. The van der Waals surface area contributed by atoms with Crippen molar-refractivity contribution in [1.29, 1.82) is 0 Å². The molecule has 3 nitrogen and oxygen atoms in total. The van der Waals surface area contributed by atoms with Crippen molar-refractivity contribution in [3.63, 3.8) is 0 Å². The molecule has 0 aromatic heterocycles. The van der Waals surface area contributed by atoms with Crippen molar-refractivity contribution < 1.29 is 4.79 Å². The van der Waals surface area contributed by atoms with E-state index in [2.05, 4.69) is 31.4 Å². The van der Waals surface area contributed by atoms with Crippen LogP contribution in [-0.4, -0.2) is 29.4 Å². The van der Waals surface area contributed by atoms with Gasteiger partial charge in [-0.15, -0.1) is 0 Å². The standard InChI is InChI=1S/C15H26N2OS/c1-10(2)15(3)7-4-5-11(9-15)17-14(18)13-12(19)6-8-16-13/h10-11,13,16H,4-9H2,1-3H3,(H,17,18)/t11?,13-,15?/m0/s1. The van der Waals surface area contributed by atoms with Gasteiger partial charge in [0, 0.05) is 17.5 Å². The van der Waals surface area contributed by atoms with Gasteiger partial charge in [-0.25, -0.2) is 0 Å². The monoisotopic (exact) mass is 282 g/mol. The van der Waals surface area contributed by atoms with E-state index in [1.54, 1.807) is 0 Å². The lowest BCUT2D eigenvalue weighted by atomic mass is 9.67. The van der Waals surface area contributed by atoms with Gasteiger partial charge >= 0.3 is 0 Å². The van der Waals surface area contributed by atoms with Crippen LogP contribution in [0.2, 0.25) is 0 Å². The molecule has 0 aromatic carbocycles. The summed E-state index contributed by atoms with van der Waals surface area (Å²) < 4.78 is 0. The zero-order valence-corrected chi connectivity index (χ0v) is 13.1. The van der Waals surface area contributed by atoms with Crippen LogP contribution in [0.5, 0.6) is 0 Å². The maximum Gasteiger partial charge on any atom is 0.242 e. The van der Waals surface area contributed by atoms with Crippen LogP contribution in [-0.2, 0) is 4.79 Å². The lowest BCUT2D eigenvalue weighted by molar-refractivity contribution is -0.122. The molecule has 1 saturated carbocycles. The molecule has 1 aliphatic heterocycles. The third kappa shape index (κ3) is 3.34. The van der Waals surface area contributed by atoms with E-state index in [1.807, 2.05) is 0 Å². The summed E-state index contributed by atoms with van der Waals surface area (Å²) >= 11 is 5.25. The first kappa shape index (κ1) is 14.9. The summed E-state index contributed by atoms with van der Waals surface area (Å²) in [5, 5.41) is 6.40. The highest BCUT2D eigenvalue weighted by Gasteiger charge is 2.36. The van der Waals surface area contributed by atoms with E-state index in [1.165, 1.54) is 12.8 Å².